The van der Waals surface area contributed by atoms with Crippen molar-refractivity contribution >= 4 is 32.8 Å². The first kappa shape index (κ1) is 24.3. The SMILES string of the molecule is C=C/C=C(\C(=C/C)S(=O)(=O)Nc1c(C)c2ccc(OC(=O)N(C)C)cc2oc1=O)[N+](=O)[O-]. The van der Waals surface area contributed by atoms with Crippen molar-refractivity contribution in [2.45, 2.75) is 13.8 Å². The lowest BCUT2D eigenvalue weighted by molar-refractivity contribution is -0.419. The van der Waals surface area contributed by atoms with Gasteiger partial charge < -0.3 is 14.1 Å². The van der Waals surface area contributed by atoms with Crippen LogP contribution in [0.5, 0.6) is 5.75 Å². The highest BCUT2D eigenvalue weighted by atomic mass is 32.2. The summed E-state index contributed by atoms with van der Waals surface area (Å²) in [6, 6.07) is 4.25. The Balaban J connectivity index is 2.54. The third kappa shape index (κ3) is 5.03. The number of carbonyl (C=O) groups excluding carboxylic acids is 1. The second kappa shape index (κ2) is 9.47. The molecule has 1 heterocycles. The molecule has 0 spiro atoms. The van der Waals surface area contributed by atoms with Gasteiger partial charge in [0, 0.05) is 31.6 Å². The molecule has 0 radical (unpaired) electrons. The second-order valence-corrected chi connectivity index (χ2v) is 8.26. The Hall–Kier alpha value is -3.93. The molecule has 1 aromatic carbocycles. The van der Waals surface area contributed by atoms with Crippen LogP contribution in [0.1, 0.15) is 12.5 Å². The Morgan fingerprint density at radius 2 is 2.00 bits per heavy atom. The number of aryl methyl sites for hydroxylation is 1. The van der Waals surface area contributed by atoms with Gasteiger partial charge in [-0.05, 0) is 31.5 Å². The van der Waals surface area contributed by atoms with Crippen molar-refractivity contribution in [3.05, 3.63) is 79.7 Å². The minimum atomic E-state index is -4.52. The number of benzene rings is 1. The molecule has 2 aromatic rings. The molecule has 0 saturated carbocycles. The van der Waals surface area contributed by atoms with E-state index in [4.69, 9.17) is 9.15 Å². The minimum Gasteiger partial charge on any atom is -0.421 e. The quantitative estimate of drug-likeness (QED) is 0.285. The van der Waals surface area contributed by atoms with E-state index in [0.717, 1.165) is 18.2 Å². The van der Waals surface area contributed by atoms with Gasteiger partial charge >= 0.3 is 11.7 Å². The van der Waals surface area contributed by atoms with Gasteiger partial charge in [0.1, 0.15) is 17.0 Å². The van der Waals surface area contributed by atoms with Crippen molar-refractivity contribution in [3.8, 4) is 5.75 Å². The van der Waals surface area contributed by atoms with Crippen molar-refractivity contribution in [2.75, 3.05) is 18.8 Å². The molecule has 0 aliphatic carbocycles. The number of allylic oxidation sites excluding steroid dienone is 3. The molecule has 170 valence electrons. The van der Waals surface area contributed by atoms with Crippen LogP contribution in [0.3, 0.4) is 0 Å². The molecule has 12 heteroatoms. The fourth-order valence-corrected chi connectivity index (χ4v) is 4.03. The highest BCUT2D eigenvalue weighted by molar-refractivity contribution is 7.96. The van der Waals surface area contributed by atoms with Crippen LogP contribution in [0.4, 0.5) is 10.5 Å². The molecule has 11 nitrogen and oxygen atoms in total. The summed E-state index contributed by atoms with van der Waals surface area (Å²) in [5.41, 5.74) is -1.87. The Labute approximate surface area is 183 Å². The first-order valence-electron chi connectivity index (χ1n) is 9.06. The second-order valence-electron chi connectivity index (χ2n) is 6.61. The number of nitro groups is 1. The topological polar surface area (TPSA) is 149 Å². The van der Waals surface area contributed by atoms with Gasteiger partial charge in [0.05, 0.1) is 4.92 Å². The molecule has 1 amide bonds. The van der Waals surface area contributed by atoms with Crippen LogP contribution in [0.15, 0.2) is 62.8 Å². The summed E-state index contributed by atoms with van der Waals surface area (Å²) in [7, 11) is -1.52. The summed E-state index contributed by atoms with van der Waals surface area (Å²) in [5, 5.41) is 11.7. The van der Waals surface area contributed by atoms with Crippen molar-refractivity contribution in [1.82, 2.24) is 4.90 Å². The summed E-state index contributed by atoms with van der Waals surface area (Å²) in [6.45, 7) is 6.13. The van der Waals surface area contributed by atoms with Crippen LogP contribution < -0.4 is 15.1 Å². The molecule has 0 saturated heterocycles. The van der Waals surface area contributed by atoms with E-state index in [1.165, 1.54) is 51.0 Å². The Morgan fingerprint density at radius 3 is 2.53 bits per heavy atom. The minimum absolute atomic E-state index is 0.0586. The number of rotatable bonds is 7. The number of carbonyl (C=O) groups is 1. The average Bonchev–Trinajstić information content (AvgIpc) is 2.70. The van der Waals surface area contributed by atoms with E-state index in [-0.39, 0.29) is 16.9 Å². The molecule has 0 unspecified atom stereocenters. The van der Waals surface area contributed by atoms with Crippen molar-refractivity contribution < 1.29 is 27.3 Å². The molecule has 0 aliphatic rings. The maximum Gasteiger partial charge on any atom is 0.414 e. The van der Waals surface area contributed by atoms with Gasteiger partial charge in [0.2, 0.25) is 0 Å². The van der Waals surface area contributed by atoms with Crippen molar-refractivity contribution in [1.29, 1.82) is 0 Å². The van der Waals surface area contributed by atoms with Crippen LogP contribution in [-0.2, 0) is 10.0 Å². The summed E-state index contributed by atoms with van der Waals surface area (Å²) >= 11 is 0. The molecule has 2 rings (SSSR count). The van der Waals surface area contributed by atoms with E-state index in [1.54, 1.807) is 0 Å². The van der Waals surface area contributed by atoms with Gasteiger partial charge in [0.15, 0.2) is 4.91 Å². The number of anilines is 1. The van der Waals surface area contributed by atoms with E-state index in [0.29, 0.717) is 5.39 Å². The third-order valence-corrected chi connectivity index (χ3v) is 5.72. The standard InChI is InChI=1S/C20H21N3O8S/c1-6-8-15(23(26)27)17(7-2)32(28,29)21-18-12(3)14-10-9-13(30-20(25)22(4)5)11-16(14)31-19(18)24/h6-11,21H,1H2,2-5H3/b15-8+,17-7+. The predicted octanol–water partition coefficient (Wildman–Crippen LogP) is 3.15. The Morgan fingerprint density at radius 1 is 1.34 bits per heavy atom. The van der Waals surface area contributed by atoms with E-state index >= 15 is 0 Å². The molecule has 0 atom stereocenters. The molecule has 0 fully saturated rings. The zero-order chi connectivity index (χ0) is 24.2. The Kier molecular flexibility index (Phi) is 7.21. The van der Waals surface area contributed by atoms with Crippen LogP contribution in [0, 0.1) is 17.0 Å². The normalized spacial score (nSPS) is 12.4. The summed E-state index contributed by atoms with van der Waals surface area (Å²) in [4.78, 5) is 35.2. The summed E-state index contributed by atoms with van der Waals surface area (Å²) in [6.07, 6.45) is 2.40. The van der Waals surface area contributed by atoms with Gasteiger partial charge in [-0.1, -0.05) is 18.7 Å². The van der Waals surface area contributed by atoms with Crippen molar-refractivity contribution in [2.24, 2.45) is 0 Å². The van der Waals surface area contributed by atoms with Crippen LogP contribution in [0.2, 0.25) is 0 Å². The van der Waals surface area contributed by atoms with Gasteiger partial charge in [-0.3, -0.25) is 14.8 Å². The fraction of sp³-hybridized carbons (Fsp3) is 0.200. The number of hydrogen-bond acceptors (Lipinski definition) is 8. The molecular weight excluding hydrogens is 442 g/mol. The molecular formula is C20H21N3O8S. The summed E-state index contributed by atoms with van der Waals surface area (Å²) < 4.78 is 38.1. The van der Waals surface area contributed by atoms with Gasteiger partial charge in [-0.2, -0.15) is 0 Å². The molecule has 1 N–H and O–H groups in total. The molecule has 0 aliphatic heterocycles. The number of fused-ring (bicyclic) bond motifs is 1. The molecule has 32 heavy (non-hydrogen) atoms. The predicted molar refractivity (Wildman–Crippen MR) is 119 cm³/mol. The lowest BCUT2D eigenvalue weighted by Gasteiger charge is -2.13. The number of amides is 1. The van der Waals surface area contributed by atoms with Gasteiger partial charge in [-0.15, -0.1) is 0 Å². The number of nitrogens with one attached hydrogen (secondary N) is 1. The monoisotopic (exact) mass is 463 g/mol. The number of nitrogens with zero attached hydrogens (tertiary/aromatic N) is 2. The smallest absolute Gasteiger partial charge is 0.414 e. The zero-order valence-electron chi connectivity index (χ0n) is 17.7. The van der Waals surface area contributed by atoms with E-state index in [2.05, 4.69) is 11.3 Å². The largest absolute Gasteiger partial charge is 0.421 e. The highest BCUT2D eigenvalue weighted by Crippen LogP contribution is 2.28. The first-order valence-corrected chi connectivity index (χ1v) is 10.5. The van der Waals surface area contributed by atoms with E-state index < -0.39 is 43.0 Å². The maximum absolute atomic E-state index is 12.8. The van der Waals surface area contributed by atoms with Crippen molar-refractivity contribution in [3.63, 3.8) is 0 Å². The average molecular weight is 463 g/mol. The molecule has 0 bridgehead atoms. The van der Waals surface area contributed by atoms with Gasteiger partial charge in [0.25, 0.3) is 15.7 Å². The zero-order valence-corrected chi connectivity index (χ0v) is 18.6. The Bertz CT molecular complexity index is 1320. The number of sulfonamides is 1. The fourth-order valence-electron chi connectivity index (χ4n) is 2.68. The van der Waals surface area contributed by atoms with Crippen LogP contribution in [-0.4, -0.2) is 38.4 Å². The van der Waals surface area contributed by atoms with Crippen LogP contribution in [0.25, 0.3) is 11.0 Å². The third-order valence-electron chi connectivity index (χ3n) is 4.22. The summed E-state index contributed by atoms with van der Waals surface area (Å²) in [5.74, 6) is 0.119. The van der Waals surface area contributed by atoms with E-state index in [1.807, 2.05) is 0 Å². The molecule has 1 aromatic heterocycles. The number of ether oxygens (including phenoxy) is 1. The maximum atomic E-state index is 12.8. The first-order chi connectivity index (χ1) is 14.9. The lowest BCUT2D eigenvalue weighted by Crippen LogP contribution is -2.25. The lowest BCUT2D eigenvalue weighted by atomic mass is 10.1. The highest BCUT2D eigenvalue weighted by Gasteiger charge is 2.30. The number of hydrogen-bond donors (Lipinski definition) is 1. The van der Waals surface area contributed by atoms with Crippen LogP contribution >= 0.6 is 0 Å². The van der Waals surface area contributed by atoms with E-state index in [9.17, 15) is 28.1 Å². The van der Waals surface area contributed by atoms with Gasteiger partial charge in [-0.25, -0.2) is 18.0 Å².